The quantitative estimate of drug-likeness (QED) is 0.840. The van der Waals surface area contributed by atoms with Gasteiger partial charge in [0, 0.05) is 6.54 Å². The number of carbonyl (C=O) groups excluding carboxylic acids is 1. The fourth-order valence-corrected chi connectivity index (χ4v) is 2.66. The van der Waals surface area contributed by atoms with Gasteiger partial charge in [0.2, 0.25) is 6.10 Å². The van der Waals surface area contributed by atoms with Crippen molar-refractivity contribution in [3.8, 4) is 11.5 Å². The van der Waals surface area contributed by atoms with Gasteiger partial charge >= 0.3 is 6.18 Å². The number of halogens is 4. The van der Waals surface area contributed by atoms with Crippen molar-refractivity contribution in [3.63, 3.8) is 0 Å². The molecule has 2 aromatic rings. The Balaban J connectivity index is 1.72. The molecule has 0 saturated carbocycles. The summed E-state index contributed by atoms with van der Waals surface area (Å²) in [4.78, 5) is 12.3. The van der Waals surface area contributed by atoms with Crippen molar-refractivity contribution in [2.45, 2.75) is 31.9 Å². The molecule has 1 amide bonds. The van der Waals surface area contributed by atoms with Crippen molar-refractivity contribution in [2.75, 3.05) is 0 Å². The molecular formula is C18H15F4NO3. The fourth-order valence-electron chi connectivity index (χ4n) is 2.66. The Bertz CT molecular complexity index is 822. The average Bonchev–Trinajstić information content (AvgIpc) is 2.59. The van der Waals surface area contributed by atoms with E-state index in [4.69, 9.17) is 9.47 Å². The lowest BCUT2D eigenvalue weighted by Crippen LogP contribution is -2.48. The minimum Gasteiger partial charge on any atom is -0.482 e. The van der Waals surface area contributed by atoms with Crippen LogP contribution in [0.2, 0.25) is 0 Å². The van der Waals surface area contributed by atoms with Gasteiger partial charge in [-0.05, 0) is 36.8 Å². The number of fused-ring (bicyclic) bond motifs is 1. The second kappa shape index (κ2) is 6.86. The van der Waals surface area contributed by atoms with E-state index in [2.05, 4.69) is 5.32 Å². The summed E-state index contributed by atoms with van der Waals surface area (Å²) >= 11 is 0. The molecular weight excluding hydrogens is 354 g/mol. The highest BCUT2D eigenvalue weighted by Crippen LogP contribution is 2.34. The molecule has 0 saturated heterocycles. The van der Waals surface area contributed by atoms with Gasteiger partial charge in [0.05, 0.1) is 5.56 Å². The summed E-state index contributed by atoms with van der Waals surface area (Å²) in [7, 11) is 0. The van der Waals surface area contributed by atoms with E-state index in [0.717, 1.165) is 12.1 Å². The summed E-state index contributed by atoms with van der Waals surface area (Å²) in [5.74, 6) is -0.753. The monoisotopic (exact) mass is 369 g/mol. The van der Waals surface area contributed by atoms with Gasteiger partial charge in [0.1, 0.15) is 11.9 Å². The van der Waals surface area contributed by atoms with Crippen LogP contribution < -0.4 is 14.8 Å². The van der Waals surface area contributed by atoms with Gasteiger partial charge in [-0.1, -0.05) is 18.2 Å². The van der Waals surface area contributed by atoms with E-state index in [1.54, 1.807) is 31.2 Å². The van der Waals surface area contributed by atoms with Gasteiger partial charge in [-0.2, -0.15) is 13.2 Å². The van der Waals surface area contributed by atoms with Crippen LogP contribution in [0.25, 0.3) is 0 Å². The Kier molecular flexibility index (Phi) is 4.76. The molecule has 0 radical (unpaired) electrons. The maximum atomic E-state index is 13.1. The number of hydrogen-bond donors (Lipinski definition) is 1. The molecule has 1 aliphatic heterocycles. The second-order valence-electron chi connectivity index (χ2n) is 5.83. The van der Waals surface area contributed by atoms with Crippen molar-refractivity contribution < 1.29 is 31.8 Å². The summed E-state index contributed by atoms with van der Waals surface area (Å²) in [5.41, 5.74) is -1.37. The van der Waals surface area contributed by atoms with Gasteiger partial charge in [-0.25, -0.2) is 4.39 Å². The molecule has 4 nitrogen and oxygen atoms in total. The Morgan fingerprint density at radius 1 is 1.12 bits per heavy atom. The average molecular weight is 369 g/mol. The SMILES string of the molecule is C[C@H]1Oc2ccccc2O[C@H]1C(=O)NCc1ccc(F)cc1C(F)(F)F. The van der Waals surface area contributed by atoms with Crippen molar-refractivity contribution >= 4 is 5.91 Å². The maximum absolute atomic E-state index is 13.1. The number of amides is 1. The summed E-state index contributed by atoms with van der Waals surface area (Å²) in [5, 5.41) is 2.40. The zero-order chi connectivity index (χ0) is 18.9. The number of nitrogens with one attached hydrogen (secondary N) is 1. The van der Waals surface area contributed by atoms with Crippen LogP contribution in [0.1, 0.15) is 18.1 Å². The number of ether oxygens (including phenoxy) is 2. The zero-order valence-corrected chi connectivity index (χ0v) is 13.6. The minimum absolute atomic E-state index is 0.239. The van der Waals surface area contributed by atoms with E-state index in [1.807, 2.05) is 0 Å². The highest BCUT2D eigenvalue weighted by atomic mass is 19.4. The molecule has 2 aromatic carbocycles. The third kappa shape index (κ3) is 3.74. The van der Waals surface area contributed by atoms with E-state index in [-0.39, 0.29) is 5.56 Å². The number of carbonyl (C=O) groups is 1. The number of alkyl halides is 3. The summed E-state index contributed by atoms with van der Waals surface area (Å²) < 4.78 is 63.4. The Labute approximate surface area is 146 Å². The molecule has 8 heteroatoms. The topological polar surface area (TPSA) is 47.6 Å². The molecule has 0 aliphatic carbocycles. The smallest absolute Gasteiger partial charge is 0.416 e. The standard InChI is InChI=1S/C18H15F4NO3/c1-10-16(26-15-5-3-2-4-14(15)25-10)17(24)23-9-11-6-7-12(19)8-13(11)18(20,21)22/h2-8,10,16H,9H2,1H3,(H,23,24)/t10-,16-/m1/s1. The number of para-hydroxylation sites is 2. The predicted octanol–water partition coefficient (Wildman–Crippen LogP) is 3.69. The first kappa shape index (κ1) is 18.0. The molecule has 0 aromatic heterocycles. The van der Waals surface area contributed by atoms with Crippen molar-refractivity contribution in [3.05, 3.63) is 59.4 Å². The van der Waals surface area contributed by atoms with E-state index in [1.165, 1.54) is 0 Å². The largest absolute Gasteiger partial charge is 0.482 e. The second-order valence-corrected chi connectivity index (χ2v) is 5.83. The molecule has 2 atom stereocenters. The van der Waals surface area contributed by atoms with Crippen LogP contribution in [-0.2, 0) is 17.5 Å². The van der Waals surface area contributed by atoms with Crippen molar-refractivity contribution in [1.29, 1.82) is 0 Å². The van der Waals surface area contributed by atoms with Crippen LogP contribution >= 0.6 is 0 Å². The maximum Gasteiger partial charge on any atom is 0.416 e. The lowest BCUT2D eigenvalue weighted by Gasteiger charge is -2.31. The third-order valence-electron chi connectivity index (χ3n) is 3.93. The molecule has 138 valence electrons. The van der Waals surface area contributed by atoms with E-state index in [9.17, 15) is 22.4 Å². The first-order valence-corrected chi connectivity index (χ1v) is 7.81. The van der Waals surface area contributed by atoms with Gasteiger partial charge in [-0.15, -0.1) is 0 Å². The number of rotatable bonds is 3. The van der Waals surface area contributed by atoms with E-state index in [0.29, 0.717) is 17.6 Å². The van der Waals surface area contributed by atoms with Gasteiger partial charge in [0.15, 0.2) is 11.5 Å². The summed E-state index contributed by atoms with van der Waals surface area (Å²) in [6.07, 6.45) is -6.36. The molecule has 0 fully saturated rings. The Morgan fingerprint density at radius 2 is 1.77 bits per heavy atom. The highest BCUT2D eigenvalue weighted by molar-refractivity contribution is 5.82. The van der Waals surface area contributed by atoms with Crippen LogP contribution in [0.4, 0.5) is 17.6 Å². The van der Waals surface area contributed by atoms with Crippen LogP contribution in [0.3, 0.4) is 0 Å². The van der Waals surface area contributed by atoms with E-state index < -0.39 is 42.2 Å². The van der Waals surface area contributed by atoms with Crippen LogP contribution in [-0.4, -0.2) is 18.1 Å². The molecule has 1 heterocycles. The number of benzene rings is 2. The van der Waals surface area contributed by atoms with Gasteiger partial charge in [-0.3, -0.25) is 4.79 Å². The Hall–Kier alpha value is -2.77. The predicted molar refractivity (Wildman–Crippen MR) is 84.2 cm³/mol. The molecule has 3 rings (SSSR count). The first-order chi connectivity index (χ1) is 12.3. The lowest BCUT2D eigenvalue weighted by atomic mass is 10.1. The Morgan fingerprint density at radius 3 is 2.42 bits per heavy atom. The summed E-state index contributed by atoms with van der Waals surface area (Å²) in [6.45, 7) is 1.21. The first-order valence-electron chi connectivity index (χ1n) is 7.81. The molecule has 1 N–H and O–H groups in total. The third-order valence-corrected chi connectivity index (χ3v) is 3.93. The normalized spacial score (nSPS) is 19.1. The minimum atomic E-state index is -4.72. The number of hydrogen-bond acceptors (Lipinski definition) is 3. The van der Waals surface area contributed by atoms with Crippen molar-refractivity contribution in [2.24, 2.45) is 0 Å². The van der Waals surface area contributed by atoms with Crippen LogP contribution in [0.15, 0.2) is 42.5 Å². The van der Waals surface area contributed by atoms with E-state index >= 15 is 0 Å². The molecule has 0 spiro atoms. The summed E-state index contributed by atoms with van der Waals surface area (Å²) in [6, 6.07) is 9.09. The molecule has 0 unspecified atom stereocenters. The fraction of sp³-hybridized carbons (Fsp3) is 0.278. The molecule has 0 bridgehead atoms. The molecule has 26 heavy (non-hydrogen) atoms. The van der Waals surface area contributed by atoms with Crippen LogP contribution in [0.5, 0.6) is 11.5 Å². The van der Waals surface area contributed by atoms with Crippen molar-refractivity contribution in [1.82, 2.24) is 5.32 Å². The zero-order valence-electron chi connectivity index (χ0n) is 13.6. The van der Waals surface area contributed by atoms with Crippen LogP contribution in [0, 0.1) is 5.82 Å². The van der Waals surface area contributed by atoms with Gasteiger partial charge in [0.25, 0.3) is 5.91 Å². The van der Waals surface area contributed by atoms with Gasteiger partial charge < -0.3 is 14.8 Å². The lowest BCUT2D eigenvalue weighted by molar-refractivity contribution is -0.139. The highest BCUT2D eigenvalue weighted by Gasteiger charge is 2.36. The molecule has 1 aliphatic rings.